The van der Waals surface area contributed by atoms with E-state index in [-0.39, 0.29) is 16.6 Å². The third kappa shape index (κ3) is 1.26. The molecule has 2 heteroatoms. The summed E-state index contributed by atoms with van der Waals surface area (Å²) in [5.41, 5.74) is 1.74. The highest BCUT2D eigenvalue weighted by Gasteiger charge is 2.38. The van der Waals surface area contributed by atoms with E-state index >= 15 is 0 Å². The van der Waals surface area contributed by atoms with Gasteiger partial charge in [0.15, 0.2) is 0 Å². The Morgan fingerprint density at radius 1 is 1.46 bits per heavy atom. The lowest BCUT2D eigenvalue weighted by atomic mass is 9.90. The largest absolute Gasteiger partial charge is 0.207 e. The first-order valence-corrected chi connectivity index (χ1v) is 4.87. The Morgan fingerprint density at radius 2 is 2.15 bits per heavy atom. The Morgan fingerprint density at radius 3 is 2.77 bits per heavy atom. The zero-order valence-electron chi connectivity index (χ0n) is 7.77. The summed E-state index contributed by atoms with van der Waals surface area (Å²) in [5, 5.41) is -0.0572. The minimum absolute atomic E-state index is 0.0217. The van der Waals surface area contributed by atoms with Crippen LogP contribution in [0.15, 0.2) is 18.2 Å². The summed E-state index contributed by atoms with van der Waals surface area (Å²) in [4.78, 5) is 0. The quantitative estimate of drug-likeness (QED) is 0.558. The Hall–Kier alpha value is -0.560. The standard InChI is InChI=1S/C11H12ClF/c1-11(2)6-8-7(10(11)12)4-3-5-9(8)13/h3-5,10H,6H2,1-2H3. The predicted molar refractivity (Wildman–Crippen MR) is 52.5 cm³/mol. The average molecular weight is 199 g/mol. The van der Waals surface area contributed by atoms with Gasteiger partial charge in [-0.3, -0.25) is 0 Å². The van der Waals surface area contributed by atoms with Crippen LogP contribution in [0.4, 0.5) is 4.39 Å². The van der Waals surface area contributed by atoms with Crippen molar-refractivity contribution in [3.05, 3.63) is 35.1 Å². The number of hydrogen-bond acceptors (Lipinski definition) is 0. The molecule has 0 saturated carbocycles. The van der Waals surface area contributed by atoms with E-state index in [1.165, 1.54) is 6.07 Å². The molecular formula is C11H12ClF. The van der Waals surface area contributed by atoms with Crippen LogP contribution in [0.1, 0.15) is 30.4 Å². The second kappa shape index (κ2) is 2.71. The molecule has 1 aliphatic rings. The SMILES string of the molecule is CC1(C)Cc2c(F)cccc2C1Cl. The summed E-state index contributed by atoms with van der Waals surface area (Å²) in [5.74, 6) is -0.117. The fourth-order valence-electron chi connectivity index (χ4n) is 1.97. The Labute approximate surface area is 82.7 Å². The first-order chi connectivity index (χ1) is 6.02. The third-order valence-electron chi connectivity index (χ3n) is 2.75. The number of alkyl halides is 1. The second-order valence-corrected chi connectivity index (χ2v) is 4.77. The van der Waals surface area contributed by atoms with Gasteiger partial charge in [-0.05, 0) is 29.0 Å². The molecule has 1 aliphatic carbocycles. The van der Waals surface area contributed by atoms with Crippen molar-refractivity contribution in [1.29, 1.82) is 0 Å². The topological polar surface area (TPSA) is 0 Å². The maximum Gasteiger partial charge on any atom is 0.126 e. The van der Waals surface area contributed by atoms with Gasteiger partial charge in [-0.15, -0.1) is 11.6 Å². The van der Waals surface area contributed by atoms with Crippen molar-refractivity contribution < 1.29 is 4.39 Å². The molecule has 0 aliphatic heterocycles. The Bertz CT molecular complexity index is 344. The molecule has 1 aromatic carbocycles. The van der Waals surface area contributed by atoms with Crippen LogP contribution in [0.25, 0.3) is 0 Å². The Kier molecular flexibility index (Phi) is 1.88. The second-order valence-electron chi connectivity index (χ2n) is 4.34. The van der Waals surface area contributed by atoms with Gasteiger partial charge in [-0.2, -0.15) is 0 Å². The van der Waals surface area contributed by atoms with E-state index in [9.17, 15) is 4.39 Å². The molecule has 2 rings (SSSR count). The molecule has 70 valence electrons. The molecule has 0 N–H and O–H groups in total. The van der Waals surface area contributed by atoms with Crippen LogP contribution in [-0.4, -0.2) is 0 Å². The minimum Gasteiger partial charge on any atom is -0.207 e. The third-order valence-corrected chi connectivity index (χ3v) is 3.57. The average Bonchev–Trinajstić information content (AvgIpc) is 2.28. The molecule has 0 amide bonds. The maximum atomic E-state index is 13.3. The molecule has 1 atom stereocenters. The zero-order chi connectivity index (χ0) is 9.64. The molecule has 0 aromatic heterocycles. The van der Waals surface area contributed by atoms with Crippen molar-refractivity contribution in [3.8, 4) is 0 Å². The van der Waals surface area contributed by atoms with E-state index in [0.717, 1.165) is 17.5 Å². The lowest BCUT2D eigenvalue weighted by Gasteiger charge is -2.21. The molecule has 0 radical (unpaired) electrons. The van der Waals surface area contributed by atoms with E-state index < -0.39 is 0 Å². The van der Waals surface area contributed by atoms with Gasteiger partial charge in [0, 0.05) is 0 Å². The maximum absolute atomic E-state index is 13.3. The number of fused-ring (bicyclic) bond motifs is 1. The highest BCUT2D eigenvalue weighted by Crippen LogP contribution is 2.49. The first kappa shape index (κ1) is 9.01. The minimum atomic E-state index is -0.117. The number of halogens is 2. The molecule has 0 spiro atoms. The first-order valence-electron chi connectivity index (χ1n) is 4.44. The summed E-state index contributed by atoms with van der Waals surface area (Å²) in [6.07, 6.45) is 0.739. The fraction of sp³-hybridized carbons (Fsp3) is 0.455. The fourth-order valence-corrected chi connectivity index (χ4v) is 2.25. The molecule has 1 unspecified atom stereocenters. The lowest BCUT2D eigenvalue weighted by molar-refractivity contribution is 0.376. The molecule has 1 aromatic rings. The van der Waals surface area contributed by atoms with Gasteiger partial charge in [-0.1, -0.05) is 26.0 Å². The zero-order valence-corrected chi connectivity index (χ0v) is 8.53. The highest BCUT2D eigenvalue weighted by atomic mass is 35.5. The molecule has 0 heterocycles. The predicted octanol–water partition coefficient (Wildman–Crippen LogP) is 3.69. The molecule has 0 bridgehead atoms. The molecule has 0 saturated heterocycles. The van der Waals surface area contributed by atoms with Gasteiger partial charge in [0.25, 0.3) is 0 Å². The van der Waals surface area contributed by atoms with E-state index in [0.29, 0.717) is 0 Å². The Balaban J connectivity index is 2.56. The number of hydrogen-bond donors (Lipinski definition) is 0. The highest BCUT2D eigenvalue weighted by molar-refractivity contribution is 6.21. The van der Waals surface area contributed by atoms with Crippen LogP contribution >= 0.6 is 11.6 Å². The summed E-state index contributed by atoms with van der Waals surface area (Å²) in [6.45, 7) is 4.15. The monoisotopic (exact) mass is 198 g/mol. The summed E-state index contributed by atoms with van der Waals surface area (Å²) < 4.78 is 13.3. The molecule has 13 heavy (non-hydrogen) atoms. The van der Waals surface area contributed by atoms with Crippen LogP contribution < -0.4 is 0 Å². The van der Waals surface area contributed by atoms with Crippen molar-refractivity contribution in [2.45, 2.75) is 25.6 Å². The van der Waals surface area contributed by atoms with E-state index in [4.69, 9.17) is 11.6 Å². The van der Waals surface area contributed by atoms with E-state index in [2.05, 4.69) is 13.8 Å². The number of benzene rings is 1. The van der Waals surface area contributed by atoms with Gasteiger partial charge in [-0.25, -0.2) is 4.39 Å². The van der Waals surface area contributed by atoms with Crippen LogP contribution in [-0.2, 0) is 6.42 Å². The molecular weight excluding hydrogens is 187 g/mol. The lowest BCUT2D eigenvalue weighted by Crippen LogP contribution is -2.12. The molecule has 0 nitrogen and oxygen atoms in total. The van der Waals surface area contributed by atoms with Crippen LogP contribution in [0, 0.1) is 11.2 Å². The normalized spacial score (nSPS) is 24.5. The van der Waals surface area contributed by atoms with Crippen LogP contribution in [0.3, 0.4) is 0 Å². The summed E-state index contributed by atoms with van der Waals surface area (Å²) in [6, 6.07) is 5.15. The van der Waals surface area contributed by atoms with Crippen LogP contribution in [0.2, 0.25) is 0 Å². The van der Waals surface area contributed by atoms with E-state index in [1.54, 1.807) is 6.07 Å². The summed E-state index contributed by atoms with van der Waals surface area (Å²) >= 11 is 6.24. The molecule has 0 fully saturated rings. The summed E-state index contributed by atoms with van der Waals surface area (Å²) in [7, 11) is 0. The van der Waals surface area contributed by atoms with Gasteiger partial charge < -0.3 is 0 Å². The van der Waals surface area contributed by atoms with Crippen molar-refractivity contribution in [1.82, 2.24) is 0 Å². The van der Waals surface area contributed by atoms with Crippen molar-refractivity contribution >= 4 is 11.6 Å². The van der Waals surface area contributed by atoms with Crippen LogP contribution in [0.5, 0.6) is 0 Å². The van der Waals surface area contributed by atoms with Gasteiger partial charge in [0.2, 0.25) is 0 Å². The van der Waals surface area contributed by atoms with Crippen molar-refractivity contribution in [2.24, 2.45) is 5.41 Å². The number of rotatable bonds is 0. The van der Waals surface area contributed by atoms with Gasteiger partial charge in [0.1, 0.15) is 5.82 Å². The van der Waals surface area contributed by atoms with Gasteiger partial charge in [0.05, 0.1) is 5.38 Å². The van der Waals surface area contributed by atoms with Crippen molar-refractivity contribution in [3.63, 3.8) is 0 Å². The van der Waals surface area contributed by atoms with Gasteiger partial charge >= 0.3 is 0 Å². The van der Waals surface area contributed by atoms with Crippen molar-refractivity contribution in [2.75, 3.05) is 0 Å². The van der Waals surface area contributed by atoms with E-state index in [1.807, 2.05) is 6.07 Å². The smallest absolute Gasteiger partial charge is 0.126 e.